The van der Waals surface area contributed by atoms with Crippen LogP contribution in [0, 0.1) is 0 Å². The first-order chi connectivity index (χ1) is 11.1. The molecule has 0 aliphatic heterocycles. The van der Waals surface area contributed by atoms with Gasteiger partial charge in [0.15, 0.2) is 0 Å². The Labute approximate surface area is 141 Å². The summed E-state index contributed by atoms with van der Waals surface area (Å²) < 4.78 is 7.24. The van der Waals surface area contributed by atoms with Gasteiger partial charge in [0.2, 0.25) is 5.91 Å². The number of carbonyl (C=O) groups excluding carboxylic acids is 2. The van der Waals surface area contributed by atoms with E-state index in [4.69, 9.17) is 4.74 Å². The number of aromatic nitrogens is 1. The Bertz CT molecular complexity index is 898. The lowest BCUT2D eigenvalue weighted by molar-refractivity contribution is 0.0603. The van der Waals surface area contributed by atoms with Crippen molar-refractivity contribution in [3.8, 4) is 0 Å². The molecule has 0 N–H and O–H groups in total. The van der Waals surface area contributed by atoms with Gasteiger partial charge in [-0.3, -0.25) is 9.36 Å². The van der Waals surface area contributed by atoms with E-state index in [2.05, 4.69) is 15.9 Å². The van der Waals surface area contributed by atoms with Crippen molar-refractivity contribution in [3.05, 3.63) is 70.3 Å². The first-order valence-corrected chi connectivity index (χ1v) is 7.85. The monoisotopic (exact) mass is 371 g/mol. The summed E-state index contributed by atoms with van der Waals surface area (Å²) in [5.41, 5.74) is 2.00. The Hall–Kier alpha value is -2.40. The highest BCUT2D eigenvalue weighted by molar-refractivity contribution is 9.10. The van der Waals surface area contributed by atoms with Crippen LogP contribution in [0.2, 0.25) is 0 Å². The highest BCUT2D eigenvalue weighted by atomic mass is 79.9. The van der Waals surface area contributed by atoms with Gasteiger partial charge in [-0.15, -0.1) is 0 Å². The number of esters is 1. The van der Waals surface area contributed by atoms with Crippen LogP contribution in [0.3, 0.4) is 0 Å². The van der Waals surface area contributed by atoms with E-state index in [9.17, 15) is 9.59 Å². The summed E-state index contributed by atoms with van der Waals surface area (Å²) in [5.74, 6) is -0.551. The van der Waals surface area contributed by atoms with E-state index in [1.807, 2.05) is 48.5 Å². The SMILES string of the molecule is COC(=O)c1cn(C(=O)Cc2cccc(Br)c2)c2ccccc12. The summed E-state index contributed by atoms with van der Waals surface area (Å²) in [6.45, 7) is 0. The molecule has 0 bridgehead atoms. The average molecular weight is 372 g/mol. The minimum atomic E-state index is -0.449. The van der Waals surface area contributed by atoms with Gasteiger partial charge in [-0.2, -0.15) is 0 Å². The Morgan fingerprint density at radius 3 is 2.65 bits per heavy atom. The number of ether oxygens (including phenoxy) is 1. The van der Waals surface area contributed by atoms with E-state index in [1.165, 1.54) is 11.7 Å². The molecular weight excluding hydrogens is 358 g/mol. The molecule has 3 rings (SSSR count). The molecule has 116 valence electrons. The molecule has 23 heavy (non-hydrogen) atoms. The van der Waals surface area contributed by atoms with Gasteiger partial charge in [0.05, 0.1) is 24.6 Å². The number of fused-ring (bicyclic) bond motifs is 1. The minimum absolute atomic E-state index is 0.102. The molecule has 0 saturated carbocycles. The second kappa shape index (κ2) is 6.38. The molecule has 1 aromatic heterocycles. The summed E-state index contributed by atoms with van der Waals surface area (Å²) in [6, 6.07) is 14.9. The highest BCUT2D eigenvalue weighted by Gasteiger charge is 2.18. The number of nitrogens with zero attached hydrogens (tertiary/aromatic N) is 1. The van der Waals surface area contributed by atoms with E-state index in [-0.39, 0.29) is 12.3 Å². The molecule has 0 fully saturated rings. The van der Waals surface area contributed by atoms with Crippen molar-refractivity contribution < 1.29 is 14.3 Å². The van der Waals surface area contributed by atoms with Crippen molar-refractivity contribution >= 4 is 38.7 Å². The smallest absolute Gasteiger partial charge is 0.340 e. The normalized spacial score (nSPS) is 10.7. The average Bonchev–Trinajstić information content (AvgIpc) is 2.94. The molecule has 4 nitrogen and oxygen atoms in total. The number of para-hydroxylation sites is 1. The molecule has 0 aliphatic carbocycles. The number of hydrogen-bond donors (Lipinski definition) is 0. The van der Waals surface area contributed by atoms with Crippen molar-refractivity contribution in [3.63, 3.8) is 0 Å². The maximum atomic E-state index is 12.7. The first-order valence-electron chi connectivity index (χ1n) is 7.06. The van der Waals surface area contributed by atoms with Crippen LogP contribution in [0.25, 0.3) is 10.9 Å². The van der Waals surface area contributed by atoms with Gasteiger partial charge in [-0.05, 0) is 23.8 Å². The molecule has 2 aromatic carbocycles. The van der Waals surface area contributed by atoms with Crippen LogP contribution in [-0.2, 0) is 11.2 Å². The summed E-state index contributed by atoms with van der Waals surface area (Å²) >= 11 is 3.40. The number of benzene rings is 2. The van der Waals surface area contributed by atoms with E-state index in [0.29, 0.717) is 16.5 Å². The van der Waals surface area contributed by atoms with Gasteiger partial charge in [-0.25, -0.2) is 4.79 Å². The molecule has 5 heteroatoms. The van der Waals surface area contributed by atoms with Crippen molar-refractivity contribution in [2.24, 2.45) is 0 Å². The van der Waals surface area contributed by atoms with Crippen molar-refractivity contribution in [2.75, 3.05) is 7.11 Å². The van der Waals surface area contributed by atoms with Crippen LogP contribution < -0.4 is 0 Å². The number of carbonyl (C=O) groups is 2. The van der Waals surface area contributed by atoms with Gasteiger partial charge >= 0.3 is 5.97 Å². The van der Waals surface area contributed by atoms with Crippen molar-refractivity contribution in [1.29, 1.82) is 0 Å². The Kier molecular flexibility index (Phi) is 4.30. The molecule has 0 unspecified atom stereocenters. The Balaban J connectivity index is 2.02. The topological polar surface area (TPSA) is 48.3 Å². The van der Waals surface area contributed by atoms with E-state index in [0.717, 1.165) is 10.0 Å². The van der Waals surface area contributed by atoms with Crippen LogP contribution >= 0.6 is 15.9 Å². The fraction of sp³-hybridized carbons (Fsp3) is 0.111. The molecule has 0 amide bonds. The number of hydrogen-bond acceptors (Lipinski definition) is 3. The molecule has 0 radical (unpaired) electrons. The maximum absolute atomic E-state index is 12.7. The summed E-state index contributed by atoms with van der Waals surface area (Å²) in [7, 11) is 1.33. The lowest BCUT2D eigenvalue weighted by Gasteiger charge is -2.04. The predicted octanol–water partition coefficient (Wildman–Crippen LogP) is 4.07. The lowest BCUT2D eigenvalue weighted by atomic mass is 10.1. The van der Waals surface area contributed by atoms with Crippen LogP contribution in [0.4, 0.5) is 0 Å². The van der Waals surface area contributed by atoms with E-state index < -0.39 is 5.97 Å². The van der Waals surface area contributed by atoms with Gasteiger partial charge in [0.1, 0.15) is 0 Å². The number of halogens is 1. The van der Waals surface area contributed by atoms with E-state index >= 15 is 0 Å². The highest BCUT2D eigenvalue weighted by Crippen LogP contribution is 2.23. The fourth-order valence-electron chi connectivity index (χ4n) is 2.57. The first kappa shape index (κ1) is 15.5. The van der Waals surface area contributed by atoms with Crippen LogP contribution in [0.15, 0.2) is 59.2 Å². The third-order valence-electron chi connectivity index (χ3n) is 3.63. The molecule has 0 saturated heterocycles. The summed E-state index contributed by atoms with van der Waals surface area (Å²) in [4.78, 5) is 24.6. The van der Waals surface area contributed by atoms with Gasteiger partial charge in [0, 0.05) is 16.1 Å². The molecular formula is C18H14BrNO3. The van der Waals surface area contributed by atoms with E-state index in [1.54, 1.807) is 6.20 Å². The molecule has 1 heterocycles. The van der Waals surface area contributed by atoms with Crippen molar-refractivity contribution in [1.82, 2.24) is 4.57 Å². The van der Waals surface area contributed by atoms with Crippen LogP contribution in [0.5, 0.6) is 0 Å². The Morgan fingerprint density at radius 2 is 1.91 bits per heavy atom. The largest absolute Gasteiger partial charge is 0.465 e. The number of methoxy groups -OCH3 is 1. The van der Waals surface area contributed by atoms with Crippen LogP contribution in [-0.4, -0.2) is 23.6 Å². The third kappa shape index (κ3) is 3.05. The quantitative estimate of drug-likeness (QED) is 0.651. The molecule has 0 aliphatic rings. The predicted molar refractivity (Wildman–Crippen MR) is 91.8 cm³/mol. The van der Waals surface area contributed by atoms with Gasteiger partial charge in [0.25, 0.3) is 0 Å². The fourth-order valence-corrected chi connectivity index (χ4v) is 3.01. The second-order valence-electron chi connectivity index (χ2n) is 5.12. The summed E-state index contributed by atoms with van der Waals surface area (Å²) in [6.07, 6.45) is 1.80. The summed E-state index contributed by atoms with van der Waals surface area (Å²) in [5, 5.41) is 0.710. The standard InChI is InChI=1S/C18H14BrNO3/c1-23-18(22)15-11-20(16-8-3-2-7-14(15)16)17(21)10-12-5-4-6-13(19)9-12/h2-9,11H,10H2,1H3. The zero-order valence-corrected chi connectivity index (χ0v) is 14.0. The molecule has 0 atom stereocenters. The van der Waals surface area contributed by atoms with Gasteiger partial charge < -0.3 is 4.74 Å². The van der Waals surface area contributed by atoms with Gasteiger partial charge in [-0.1, -0.05) is 46.3 Å². The minimum Gasteiger partial charge on any atom is -0.465 e. The zero-order valence-electron chi connectivity index (χ0n) is 12.5. The molecule has 3 aromatic rings. The maximum Gasteiger partial charge on any atom is 0.340 e. The number of rotatable bonds is 3. The second-order valence-corrected chi connectivity index (χ2v) is 6.04. The molecule has 0 spiro atoms. The van der Waals surface area contributed by atoms with Crippen LogP contribution in [0.1, 0.15) is 20.7 Å². The Morgan fingerprint density at radius 1 is 1.13 bits per heavy atom. The zero-order chi connectivity index (χ0) is 16.4. The lowest BCUT2D eigenvalue weighted by Crippen LogP contribution is -2.12. The third-order valence-corrected chi connectivity index (χ3v) is 4.12. The van der Waals surface area contributed by atoms with Crippen molar-refractivity contribution in [2.45, 2.75) is 6.42 Å².